The molecule has 3 aromatic carbocycles. The molecule has 0 heterocycles. The highest BCUT2D eigenvalue weighted by Crippen LogP contribution is 2.38. The van der Waals surface area contributed by atoms with Crippen molar-refractivity contribution in [3.63, 3.8) is 0 Å². The second kappa shape index (κ2) is 7.75. The van der Waals surface area contributed by atoms with Gasteiger partial charge in [-0.05, 0) is 30.3 Å². The topological polar surface area (TPSA) is 72.2 Å². The van der Waals surface area contributed by atoms with Gasteiger partial charge < -0.3 is 5.32 Å². The van der Waals surface area contributed by atoms with Crippen molar-refractivity contribution in [2.45, 2.75) is 11.4 Å². The molecule has 0 saturated heterocycles. The first-order valence-corrected chi connectivity index (χ1v) is 9.83. The molecule has 3 aromatic rings. The molecule has 0 aliphatic rings. The van der Waals surface area contributed by atoms with E-state index < -0.39 is 32.4 Å². The first kappa shape index (κ1) is 20.1. The molecule has 0 aromatic heterocycles. The summed E-state index contributed by atoms with van der Waals surface area (Å²) < 4.78 is 67.6. The largest absolute Gasteiger partial charge is 0.316 e. The maximum Gasteiger partial charge on any atom is 0.243 e. The zero-order chi connectivity index (χ0) is 20.5. The predicted octanol–water partition coefficient (Wildman–Crippen LogP) is 3.80. The Morgan fingerprint density at radius 3 is 2.14 bits per heavy atom. The fourth-order valence-electron chi connectivity index (χ4n) is 3.05. The molecule has 0 aliphatic carbocycles. The van der Waals surface area contributed by atoms with Crippen molar-refractivity contribution < 1.29 is 21.6 Å². The van der Waals surface area contributed by atoms with Gasteiger partial charge in [0.15, 0.2) is 10.7 Å². The summed E-state index contributed by atoms with van der Waals surface area (Å²) in [5, 5.41) is 7.77. The maximum absolute atomic E-state index is 15.3. The minimum atomic E-state index is -4.69. The summed E-state index contributed by atoms with van der Waals surface area (Å²) in [4.78, 5) is -1.29. The molecule has 0 amide bonds. The predicted molar refractivity (Wildman–Crippen MR) is 101 cm³/mol. The Hall–Kier alpha value is -2.68. The quantitative estimate of drug-likeness (QED) is 0.677. The number of benzene rings is 3. The molecule has 8 heteroatoms. The molecule has 0 fully saturated rings. The van der Waals surface area contributed by atoms with E-state index >= 15 is 8.78 Å². The molecule has 3 rings (SSSR count). The van der Waals surface area contributed by atoms with Crippen molar-refractivity contribution in [2.75, 3.05) is 7.05 Å². The molecule has 0 radical (unpaired) electrons. The van der Waals surface area contributed by atoms with Crippen LogP contribution in [0.4, 0.5) is 13.2 Å². The van der Waals surface area contributed by atoms with E-state index in [0.717, 1.165) is 12.1 Å². The lowest BCUT2D eigenvalue weighted by Gasteiger charge is -2.16. The van der Waals surface area contributed by atoms with Gasteiger partial charge in [0.05, 0.1) is 0 Å². The van der Waals surface area contributed by atoms with Crippen LogP contribution in [0.1, 0.15) is 5.56 Å². The third kappa shape index (κ3) is 3.66. The standard InChI is InChI=1S/C20H17F3N2O2S/c1-25-11-13-7-8-14(12-5-3-2-4-6-12)17(18(13)22)15-9-10-16(21)20(19(15)23)28(24,26)27/h2-10,25H,11H2,1H3,(H2,24,26,27). The van der Waals surface area contributed by atoms with Gasteiger partial charge in [-0.3, -0.25) is 0 Å². The first-order chi connectivity index (χ1) is 13.3. The Morgan fingerprint density at radius 2 is 1.54 bits per heavy atom. The fraction of sp³-hybridized carbons (Fsp3) is 0.100. The second-order valence-corrected chi connectivity index (χ2v) is 7.64. The van der Waals surface area contributed by atoms with Gasteiger partial charge in [-0.1, -0.05) is 42.5 Å². The SMILES string of the molecule is CNCc1ccc(-c2ccccc2)c(-c2ccc(F)c(S(N)(=O)=O)c2F)c1F. The number of nitrogens with two attached hydrogens (primary N) is 1. The van der Waals surface area contributed by atoms with E-state index in [1.807, 2.05) is 0 Å². The van der Waals surface area contributed by atoms with Crippen molar-refractivity contribution in [2.24, 2.45) is 5.14 Å². The van der Waals surface area contributed by atoms with E-state index in [1.165, 1.54) is 0 Å². The van der Waals surface area contributed by atoms with Gasteiger partial charge in [-0.25, -0.2) is 26.7 Å². The third-order valence-corrected chi connectivity index (χ3v) is 5.22. The van der Waals surface area contributed by atoms with E-state index in [4.69, 9.17) is 5.14 Å². The Morgan fingerprint density at radius 1 is 0.893 bits per heavy atom. The number of nitrogens with one attached hydrogen (secondary N) is 1. The van der Waals surface area contributed by atoms with Crippen LogP contribution in [-0.4, -0.2) is 15.5 Å². The normalized spacial score (nSPS) is 11.6. The van der Waals surface area contributed by atoms with Crippen LogP contribution in [0.5, 0.6) is 0 Å². The monoisotopic (exact) mass is 406 g/mol. The van der Waals surface area contributed by atoms with Crippen molar-refractivity contribution in [3.8, 4) is 22.3 Å². The van der Waals surface area contributed by atoms with Crippen LogP contribution in [-0.2, 0) is 16.6 Å². The van der Waals surface area contributed by atoms with Gasteiger partial charge in [0, 0.05) is 23.2 Å². The van der Waals surface area contributed by atoms with Crippen LogP contribution in [0.15, 0.2) is 59.5 Å². The van der Waals surface area contributed by atoms with Gasteiger partial charge >= 0.3 is 0 Å². The summed E-state index contributed by atoms with van der Waals surface area (Å²) in [6.07, 6.45) is 0. The molecule has 0 bridgehead atoms. The summed E-state index contributed by atoms with van der Waals surface area (Å²) in [6, 6.07) is 13.6. The molecule has 0 aliphatic heterocycles. The van der Waals surface area contributed by atoms with E-state index in [9.17, 15) is 12.8 Å². The van der Waals surface area contributed by atoms with Crippen LogP contribution in [0.2, 0.25) is 0 Å². The van der Waals surface area contributed by atoms with Gasteiger partial charge in [0.2, 0.25) is 10.0 Å². The zero-order valence-electron chi connectivity index (χ0n) is 14.8. The number of sulfonamides is 1. The van der Waals surface area contributed by atoms with Crippen LogP contribution in [0.3, 0.4) is 0 Å². The molecule has 0 unspecified atom stereocenters. The Balaban J connectivity index is 2.40. The number of hydrogen-bond acceptors (Lipinski definition) is 3. The molecule has 4 nitrogen and oxygen atoms in total. The molecule has 0 spiro atoms. The fourth-order valence-corrected chi connectivity index (χ4v) is 3.75. The first-order valence-electron chi connectivity index (χ1n) is 8.28. The lowest BCUT2D eigenvalue weighted by molar-refractivity contribution is 0.520. The molecule has 3 N–H and O–H groups in total. The smallest absolute Gasteiger partial charge is 0.243 e. The van der Waals surface area contributed by atoms with Crippen molar-refractivity contribution >= 4 is 10.0 Å². The summed E-state index contributed by atoms with van der Waals surface area (Å²) >= 11 is 0. The zero-order valence-corrected chi connectivity index (χ0v) is 15.7. The Kier molecular flexibility index (Phi) is 5.55. The number of halogens is 3. The minimum absolute atomic E-state index is 0.165. The highest BCUT2D eigenvalue weighted by molar-refractivity contribution is 7.89. The maximum atomic E-state index is 15.3. The summed E-state index contributed by atoms with van der Waals surface area (Å²) in [5.41, 5.74) is 0.622. The average molecular weight is 406 g/mol. The molecular formula is C20H17F3N2O2S. The van der Waals surface area contributed by atoms with Gasteiger partial charge in [0.1, 0.15) is 11.6 Å². The molecule has 0 atom stereocenters. The van der Waals surface area contributed by atoms with E-state index in [-0.39, 0.29) is 23.2 Å². The highest BCUT2D eigenvalue weighted by atomic mass is 32.2. The Bertz CT molecular complexity index is 1130. The number of primary sulfonamides is 1. The van der Waals surface area contributed by atoms with E-state index in [2.05, 4.69) is 5.32 Å². The molecule has 28 heavy (non-hydrogen) atoms. The van der Waals surface area contributed by atoms with Gasteiger partial charge in [-0.15, -0.1) is 0 Å². The summed E-state index contributed by atoms with van der Waals surface area (Å²) in [6.45, 7) is 0.165. The van der Waals surface area contributed by atoms with E-state index in [1.54, 1.807) is 49.5 Å². The number of hydrogen-bond donors (Lipinski definition) is 2. The van der Waals surface area contributed by atoms with Crippen LogP contribution in [0.25, 0.3) is 22.3 Å². The van der Waals surface area contributed by atoms with Gasteiger partial charge in [0.25, 0.3) is 0 Å². The lowest BCUT2D eigenvalue weighted by Crippen LogP contribution is -2.17. The van der Waals surface area contributed by atoms with Crippen molar-refractivity contribution in [3.05, 3.63) is 77.6 Å². The third-order valence-electron chi connectivity index (χ3n) is 4.28. The van der Waals surface area contributed by atoms with Crippen molar-refractivity contribution in [1.29, 1.82) is 0 Å². The van der Waals surface area contributed by atoms with E-state index in [0.29, 0.717) is 11.1 Å². The van der Waals surface area contributed by atoms with Gasteiger partial charge in [-0.2, -0.15) is 0 Å². The van der Waals surface area contributed by atoms with Crippen LogP contribution < -0.4 is 10.5 Å². The van der Waals surface area contributed by atoms with Crippen LogP contribution in [0, 0.1) is 17.5 Å². The molecule has 0 saturated carbocycles. The minimum Gasteiger partial charge on any atom is -0.316 e. The second-order valence-electron chi connectivity index (χ2n) is 6.14. The molecular weight excluding hydrogens is 389 g/mol. The van der Waals surface area contributed by atoms with Crippen LogP contribution >= 0.6 is 0 Å². The Labute approximate surface area is 160 Å². The summed E-state index contributed by atoms with van der Waals surface area (Å²) in [5.74, 6) is -3.50. The highest BCUT2D eigenvalue weighted by Gasteiger charge is 2.27. The molecule has 146 valence electrons. The number of rotatable bonds is 5. The average Bonchev–Trinajstić information content (AvgIpc) is 2.64. The summed E-state index contributed by atoms with van der Waals surface area (Å²) in [7, 11) is -3.06. The van der Waals surface area contributed by atoms with Crippen molar-refractivity contribution in [1.82, 2.24) is 5.32 Å². The lowest BCUT2D eigenvalue weighted by atomic mass is 9.91.